The van der Waals surface area contributed by atoms with Crippen LogP contribution in [0.15, 0.2) is 52.4 Å². The van der Waals surface area contributed by atoms with Gasteiger partial charge < -0.3 is 24.4 Å². The number of likely N-dealkylation sites (tertiary alicyclic amines) is 2. The highest BCUT2D eigenvalue weighted by molar-refractivity contribution is 6.34. The summed E-state index contributed by atoms with van der Waals surface area (Å²) in [6, 6.07) is 11.2. The fraction of sp³-hybridized carbons (Fsp3) is 0.436. The van der Waals surface area contributed by atoms with Gasteiger partial charge >= 0.3 is 0 Å². The predicted molar refractivity (Wildman–Crippen MR) is 198 cm³/mol. The standard InChI is InChI=1S/C39H43ClN6O6/c1-44-22-30(28-20-41-21-29(28)38(44)50)26-18-31(40)36(33(19-26)52-2)39(51)46-13-9-23(10-14-46)17-35(48)45-15-11-25(12-16-45)24-3-5-27(6-4-24)42-32-7-8-34(47)43-37(32)49/h3-6,18-20,22-23,25,32,42H,7-17,21H2,1-2H3,(H,43,47,49). The van der Waals surface area contributed by atoms with Gasteiger partial charge in [0.1, 0.15) is 17.4 Å². The topological polar surface area (TPSA) is 142 Å². The van der Waals surface area contributed by atoms with Crippen molar-refractivity contribution in [2.45, 2.75) is 63.5 Å². The van der Waals surface area contributed by atoms with Crippen molar-refractivity contribution in [3.63, 3.8) is 0 Å². The van der Waals surface area contributed by atoms with Crippen LogP contribution in [0, 0.1) is 5.92 Å². The molecule has 2 N–H and O–H groups in total. The van der Waals surface area contributed by atoms with E-state index in [1.165, 1.54) is 17.2 Å². The molecule has 0 spiro atoms. The zero-order valence-electron chi connectivity index (χ0n) is 29.5. The Bertz CT molecular complexity index is 1990. The van der Waals surface area contributed by atoms with Crippen molar-refractivity contribution in [3.05, 3.63) is 80.2 Å². The third kappa shape index (κ3) is 7.21. The van der Waals surface area contributed by atoms with Gasteiger partial charge in [-0.2, -0.15) is 0 Å². The summed E-state index contributed by atoms with van der Waals surface area (Å²) in [4.78, 5) is 71.3. The molecule has 13 heteroatoms. The highest BCUT2D eigenvalue weighted by Crippen LogP contribution is 2.37. The van der Waals surface area contributed by atoms with E-state index in [0.29, 0.717) is 74.8 Å². The summed E-state index contributed by atoms with van der Waals surface area (Å²) in [5.41, 5.74) is 5.20. The molecule has 4 aliphatic heterocycles. The van der Waals surface area contributed by atoms with Crippen LogP contribution in [0.3, 0.4) is 0 Å². The number of carbonyl (C=O) groups is 4. The molecule has 52 heavy (non-hydrogen) atoms. The van der Waals surface area contributed by atoms with Crippen LogP contribution in [0.4, 0.5) is 5.69 Å². The number of anilines is 1. The first-order chi connectivity index (χ1) is 25.1. The minimum Gasteiger partial charge on any atom is -0.496 e. The number of aliphatic imine (C=N–C) groups is 1. The number of rotatable bonds is 8. The van der Waals surface area contributed by atoms with Crippen molar-refractivity contribution in [2.75, 3.05) is 38.6 Å². The number of nitrogens with zero attached hydrogens (tertiary/aromatic N) is 4. The maximum Gasteiger partial charge on any atom is 0.259 e. The molecule has 1 aromatic heterocycles. The van der Waals surface area contributed by atoms with Crippen molar-refractivity contribution >= 4 is 47.1 Å². The zero-order chi connectivity index (χ0) is 36.5. The SMILES string of the molecule is COc1cc(-c2cn(C)c(=O)c3c2C=NC3)cc(Cl)c1C(=O)N1CCC(CC(=O)N2CCC(c3ccc(NC4CCC(=O)NC4=O)cc3)CC2)CC1. The average Bonchev–Trinajstić information content (AvgIpc) is 3.65. The molecule has 4 aliphatic rings. The number of nitrogens with one attached hydrogen (secondary N) is 2. The number of aromatic nitrogens is 1. The molecule has 12 nitrogen and oxygen atoms in total. The van der Waals surface area contributed by atoms with Crippen LogP contribution in [0.2, 0.25) is 5.02 Å². The van der Waals surface area contributed by atoms with E-state index < -0.39 is 6.04 Å². The number of benzene rings is 2. The van der Waals surface area contributed by atoms with Crippen LogP contribution in [0.1, 0.15) is 77.9 Å². The quantitative estimate of drug-likeness (QED) is 0.326. The number of hydrogen-bond donors (Lipinski definition) is 2. The molecule has 0 bridgehead atoms. The normalized spacial score (nSPS) is 19.4. The lowest BCUT2D eigenvalue weighted by Crippen LogP contribution is -2.47. The highest BCUT2D eigenvalue weighted by Gasteiger charge is 2.32. The molecular formula is C39H43ClN6O6. The largest absolute Gasteiger partial charge is 0.496 e. The van der Waals surface area contributed by atoms with Crippen LogP contribution in [-0.2, 0) is 28.0 Å². The minimum absolute atomic E-state index is 0.0851. The number of aryl methyl sites for hydroxylation is 1. The van der Waals surface area contributed by atoms with Crippen molar-refractivity contribution in [1.82, 2.24) is 19.7 Å². The van der Waals surface area contributed by atoms with Crippen LogP contribution >= 0.6 is 11.6 Å². The second kappa shape index (κ2) is 14.9. The monoisotopic (exact) mass is 726 g/mol. The minimum atomic E-state index is -0.414. The first kappa shape index (κ1) is 35.4. The van der Waals surface area contributed by atoms with Crippen molar-refractivity contribution in [3.8, 4) is 16.9 Å². The van der Waals surface area contributed by atoms with Crippen molar-refractivity contribution in [2.24, 2.45) is 18.0 Å². The van der Waals surface area contributed by atoms with Gasteiger partial charge in [0.05, 0.1) is 18.7 Å². The van der Waals surface area contributed by atoms with Gasteiger partial charge in [-0.3, -0.25) is 34.3 Å². The summed E-state index contributed by atoms with van der Waals surface area (Å²) < 4.78 is 7.21. The smallest absolute Gasteiger partial charge is 0.259 e. The third-order valence-electron chi connectivity index (χ3n) is 11.0. The fourth-order valence-electron chi connectivity index (χ4n) is 7.90. The maximum absolute atomic E-state index is 13.8. The second-order valence-corrected chi connectivity index (χ2v) is 14.6. The molecule has 0 saturated carbocycles. The van der Waals surface area contributed by atoms with Crippen LogP contribution in [0.25, 0.3) is 11.1 Å². The van der Waals surface area contributed by atoms with Crippen molar-refractivity contribution in [1.29, 1.82) is 0 Å². The van der Waals surface area contributed by atoms with E-state index in [2.05, 4.69) is 27.8 Å². The van der Waals surface area contributed by atoms with Gasteiger partial charge in [-0.1, -0.05) is 23.7 Å². The van der Waals surface area contributed by atoms with E-state index in [1.807, 2.05) is 17.0 Å². The number of methoxy groups -OCH3 is 1. The van der Waals surface area contributed by atoms with E-state index in [4.69, 9.17) is 16.3 Å². The highest BCUT2D eigenvalue weighted by atomic mass is 35.5. The average molecular weight is 727 g/mol. The number of fused-ring (bicyclic) bond motifs is 1. The number of carbonyl (C=O) groups excluding carboxylic acids is 4. The first-order valence-corrected chi connectivity index (χ1v) is 18.3. The third-order valence-corrected chi connectivity index (χ3v) is 11.3. The van der Waals surface area contributed by atoms with Gasteiger partial charge in [0.15, 0.2) is 0 Å². The lowest BCUT2D eigenvalue weighted by Gasteiger charge is -2.35. The molecule has 0 aliphatic carbocycles. The molecule has 272 valence electrons. The predicted octanol–water partition coefficient (Wildman–Crippen LogP) is 4.51. The number of halogens is 1. The van der Waals surface area contributed by atoms with E-state index in [-0.39, 0.29) is 40.1 Å². The van der Waals surface area contributed by atoms with E-state index >= 15 is 0 Å². The lowest BCUT2D eigenvalue weighted by atomic mass is 9.88. The number of hydrogen-bond acceptors (Lipinski definition) is 8. The van der Waals surface area contributed by atoms with E-state index in [0.717, 1.165) is 48.1 Å². The second-order valence-electron chi connectivity index (χ2n) is 14.2. The molecule has 1 atom stereocenters. The summed E-state index contributed by atoms with van der Waals surface area (Å²) in [6.07, 6.45) is 7.98. The molecule has 4 amide bonds. The Kier molecular flexibility index (Phi) is 10.2. The molecule has 2 aromatic carbocycles. The van der Waals surface area contributed by atoms with Crippen molar-refractivity contribution < 1.29 is 23.9 Å². The van der Waals surface area contributed by atoms with Crippen LogP contribution < -0.4 is 20.9 Å². The summed E-state index contributed by atoms with van der Waals surface area (Å²) in [6.45, 7) is 2.81. The van der Waals surface area contributed by atoms with Gasteiger partial charge in [-0.05, 0) is 79.3 Å². The maximum atomic E-state index is 13.8. The molecule has 7 rings (SSSR count). The molecular weight excluding hydrogens is 684 g/mol. The summed E-state index contributed by atoms with van der Waals surface area (Å²) in [7, 11) is 3.22. The molecule has 3 saturated heterocycles. The zero-order valence-corrected chi connectivity index (χ0v) is 30.2. The molecule has 5 heterocycles. The Morgan fingerprint density at radius 3 is 2.38 bits per heavy atom. The Balaban J connectivity index is 0.903. The van der Waals surface area contributed by atoms with Gasteiger partial charge in [-0.15, -0.1) is 0 Å². The number of piperidine rings is 3. The summed E-state index contributed by atoms with van der Waals surface area (Å²) >= 11 is 6.78. The molecule has 0 radical (unpaired) electrons. The lowest BCUT2D eigenvalue weighted by molar-refractivity contribution is -0.134. The van der Waals surface area contributed by atoms with E-state index in [9.17, 15) is 24.0 Å². The molecule has 3 fully saturated rings. The Labute approximate surface area is 307 Å². The summed E-state index contributed by atoms with van der Waals surface area (Å²) in [5, 5.41) is 5.87. The molecule has 1 unspecified atom stereocenters. The van der Waals surface area contributed by atoms with Gasteiger partial charge in [0.2, 0.25) is 17.7 Å². The Morgan fingerprint density at radius 1 is 0.981 bits per heavy atom. The van der Waals surface area contributed by atoms with Gasteiger partial charge in [0, 0.05) is 80.9 Å². The first-order valence-electron chi connectivity index (χ1n) is 18.0. The van der Waals surface area contributed by atoms with E-state index in [1.54, 1.807) is 36.5 Å². The number of amides is 4. The van der Waals surface area contributed by atoms with Crippen LogP contribution in [0.5, 0.6) is 5.75 Å². The van der Waals surface area contributed by atoms with Gasteiger partial charge in [-0.25, -0.2) is 0 Å². The molecule has 3 aromatic rings. The fourth-order valence-corrected chi connectivity index (χ4v) is 8.19. The number of pyridine rings is 1. The van der Waals surface area contributed by atoms with Gasteiger partial charge in [0.25, 0.3) is 11.5 Å². The summed E-state index contributed by atoms with van der Waals surface area (Å²) in [5.74, 6) is 0.373. The number of imide groups is 1. The number of ether oxygens (including phenoxy) is 1. The Morgan fingerprint density at radius 2 is 1.69 bits per heavy atom. The van der Waals surface area contributed by atoms with Crippen LogP contribution in [-0.4, -0.2) is 83.5 Å². The Hall–Kier alpha value is -4.97.